The van der Waals surface area contributed by atoms with E-state index in [1.54, 1.807) is 30.3 Å². The van der Waals surface area contributed by atoms with Gasteiger partial charge in [0.05, 0.1) is 24.2 Å². The topological polar surface area (TPSA) is 97.6 Å². The van der Waals surface area contributed by atoms with Crippen molar-refractivity contribution in [2.45, 2.75) is 31.2 Å². The summed E-state index contributed by atoms with van der Waals surface area (Å²) in [7, 11) is -3.66. The van der Waals surface area contributed by atoms with E-state index in [0.29, 0.717) is 30.4 Å². The predicted octanol–water partition coefficient (Wildman–Crippen LogP) is 4.09. The van der Waals surface area contributed by atoms with E-state index in [-0.39, 0.29) is 17.3 Å². The smallest absolute Gasteiger partial charge is 0.244 e. The van der Waals surface area contributed by atoms with Crippen LogP contribution in [-0.4, -0.2) is 27.5 Å². The fourth-order valence-corrected chi connectivity index (χ4v) is 3.94. The second-order valence-corrected chi connectivity index (χ2v) is 9.44. The molecule has 3 aromatic rings. The van der Waals surface area contributed by atoms with Crippen LogP contribution in [-0.2, 0) is 21.4 Å². The van der Waals surface area contributed by atoms with Gasteiger partial charge in [-0.1, -0.05) is 38.1 Å². The fourth-order valence-electron chi connectivity index (χ4n) is 2.94. The van der Waals surface area contributed by atoms with Crippen molar-refractivity contribution in [2.24, 2.45) is 0 Å². The zero-order valence-corrected chi connectivity index (χ0v) is 19.5. The molecule has 0 aliphatic heterocycles. The zero-order chi connectivity index (χ0) is 23.7. The largest absolute Gasteiger partial charge is 0.492 e. The Bertz CT molecular complexity index is 1150. The number of benzene rings is 2. The van der Waals surface area contributed by atoms with Gasteiger partial charge in [-0.3, -0.25) is 4.79 Å². The average Bonchev–Trinajstić information content (AvgIpc) is 3.34. The Hall–Kier alpha value is -3.36. The first kappa shape index (κ1) is 24.3. The summed E-state index contributed by atoms with van der Waals surface area (Å²) in [5, 5.41) is 2.75. The highest BCUT2D eigenvalue weighted by atomic mass is 32.2. The van der Waals surface area contributed by atoms with E-state index in [1.807, 2.05) is 24.3 Å². The molecule has 0 bridgehead atoms. The molecule has 0 saturated heterocycles. The van der Waals surface area contributed by atoms with Crippen LogP contribution in [0.2, 0.25) is 0 Å². The first-order chi connectivity index (χ1) is 15.8. The summed E-state index contributed by atoms with van der Waals surface area (Å²) < 4.78 is 37.9. The maximum Gasteiger partial charge on any atom is 0.244 e. The molecule has 2 aromatic carbocycles. The number of ether oxygens (including phenoxy) is 1. The van der Waals surface area contributed by atoms with Gasteiger partial charge in [0.2, 0.25) is 15.9 Å². The van der Waals surface area contributed by atoms with Crippen molar-refractivity contribution < 1.29 is 22.4 Å². The van der Waals surface area contributed by atoms with E-state index in [0.717, 1.165) is 5.75 Å². The molecule has 33 heavy (non-hydrogen) atoms. The Kier molecular flexibility index (Phi) is 8.46. The molecule has 0 unspecified atom stereocenters. The number of amides is 1. The lowest BCUT2D eigenvalue weighted by Gasteiger charge is -2.09. The van der Waals surface area contributed by atoms with Crippen molar-refractivity contribution in [3.05, 3.63) is 89.9 Å². The second-order valence-electron chi connectivity index (χ2n) is 7.67. The van der Waals surface area contributed by atoms with E-state index in [4.69, 9.17) is 9.15 Å². The van der Waals surface area contributed by atoms with Crippen LogP contribution >= 0.6 is 0 Å². The molecular formula is C25H28N2O5S. The lowest BCUT2D eigenvalue weighted by molar-refractivity contribution is -0.116. The third-order valence-corrected chi connectivity index (χ3v) is 6.27. The SMILES string of the molecule is CC(C)c1ccc(OCCNC(=O)C=Cc2ccc(S(=O)(=O)NCc3ccco3)cc2)cc1. The first-order valence-electron chi connectivity index (χ1n) is 10.6. The summed E-state index contributed by atoms with van der Waals surface area (Å²) in [6.07, 6.45) is 4.50. The van der Waals surface area contributed by atoms with Crippen LogP contribution in [0.1, 0.15) is 36.7 Å². The highest BCUT2D eigenvalue weighted by Gasteiger charge is 2.14. The Morgan fingerprint density at radius 2 is 1.79 bits per heavy atom. The Labute approximate surface area is 194 Å². The maximum absolute atomic E-state index is 12.4. The van der Waals surface area contributed by atoms with Crippen molar-refractivity contribution in [3.8, 4) is 5.75 Å². The lowest BCUT2D eigenvalue weighted by atomic mass is 10.0. The van der Waals surface area contributed by atoms with Crippen molar-refractivity contribution in [3.63, 3.8) is 0 Å². The number of rotatable bonds is 11. The quantitative estimate of drug-likeness (QED) is 0.326. The lowest BCUT2D eigenvalue weighted by Crippen LogP contribution is -2.26. The Morgan fingerprint density at radius 3 is 2.42 bits per heavy atom. The van der Waals surface area contributed by atoms with Crippen LogP contribution in [0.5, 0.6) is 5.75 Å². The van der Waals surface area contributed by atoms with Gasteiger partial charge in [-0.05, 0) is 59.5 Å². The van der Waals surface area contributed by atoms with Crippen LogP contribution in [0, 0.1) is 0 Å². The molecule has 0 aliphatic carbocycles. The van der Waals surface area contributed by atoms with Gasteiger partial charge >= 0.3 is 0 Å². The molecule has 0 saturated carbocycles. The summed E-state index contributed by atoms with van der Waals surface area (Å²) in [4.78, 5) is 12.1. The van der Waals surface area contributed by atoms with Gasteiger partial charge in [0, 0.05) is 6.08 Å². The van der Waals surface area contributed by atoms with E-state index in [9.17, 15) is 13.2 Å². The van der Waals surface area contributed by atoms with Crippen LogP contribution in [0.15, 0.2) is 82.3 Å². The molecular weight excluding hydrogens is 440 g/mol. The van der Waals surface area contributed by atoms with Gasteiger partial charge in [0.25, 0.3) is 0 Å². The number of furan rings is 1. The number of carbonyl (C=O) groups excluding carboxylic acids is 1. The van der Waals surface area contributed by atoms with Gasteiger partial charge < -0.3 is 14.5 Å². The van der Waals surface area contributed by atoms with E-state index < -0.39 is 10.0 Å². The number of nitrogens with one attached hydrogen (secondary N) is 2. The Balaban J connectivity index is 1.42. The first-order valence-corrected chi connectivity index (χ1v) is 12.1. The molecule has 0 radical (unpaired) electrons. The third kappa shape index (κ3) is 7.62. The van der Waals surface area contributed by atoms with Crippen molar-refractivity contribution in [1.82, 2.24) is 10.0 Å². The number of hydrogen-bond donors (Lipinski definition) is 2. The van der Waals surface area contributed by atoms with E-state index in [1.165, 1.54) is 30.0 Å². The molecule has 174 valence electrons. The van der Waals surface area contributed by atoms with Crippen LogP contribution < -0.4 is 14.8 Å². The highest BCUT2D eigenvalue weighted by Crippen LogP contribution is 2.18. The van der Waals surface area contributed by atoms with Gasteiger partial charge in [0.1, 0.15) is 18.1 Å². The van der Waals surface area contributed by atoms with Crippen LogP contribution in [0.3, 0.4) is 0 Å². The molecule has 0 spiro atoms. The molecule has 1 heterocycles. The fraction of sp³-hybridized carbons (Fsp3) is 0.240. The molecule has 2 N–H and O–H groups in total. The minimum atomic E-state index is -3.66. The van der Waals surface area contributed by atoms with E-state index >= 15 is 0 Å². The highest BCUT2D eigenvalue weighted by molar-refractivity contribution is 7.89. The van der Waals surface area contributed by atoms with Crippen LogP contribution in [0.25, 0.3) is 6.08 Å². The summed E-state index contributed by atoms with van der Waals surface area (Å²) in [6.45, 7) is 5.07. The zero-order valence-electron chi connectivity index (χ0n) is 18.7. The van der Waals surface area contributed by atoms with Gasteiger partial charge in [-0.15, -0.1) is 0 Å². The summed E-state index contributed by atoms with van der Waals surface area (Å²) in [5.74, 6) is 1.50. The monoisotopic (exact) mass is 468 g/mol. The molecule has 7 nitrogen and oxygen atoms in total. The molecule has 0 atom stereocenters. The molecule has 8 heteroatoms. The number of sulfonamides is 1. The van der Waals surface area contributed by atoms with Gasteiger partial charge in [-0.25, -0.2) is 13.1 Å². The summed E-state index contributed by atoms with van der Waals surface area (Å²) >= 11 is 0. The maximum atomic E-state index is 12.4. The minimum absolute atomic E-state index is 0.0735. The van der Waals surface area contributed by atoms with Gasteiger partial charge in [-0.2, -0.15) is 0 Å². The predicted molar refractivity (Wildman–Crippen MR) is 127 cm³/mol. The van der Waals surface area contributed by atoms with Crippen molar-refractivity contribution in [2.75, 3.05) is 13.2 Å². The van der Waals surface area contributed by atoms with E-state index in [2.05, 4.69) is 23.9 Å². The molecule has 0 fully saturated rings. The third-order valence-electron chi connectivity index (χ3n) is 4.85. The molecule has 0 aliphatic rings. The average molecular weight is 469 g/mol. The molecule has 3 rings (SSSR count). The summed E-state index contributed by atoms with van der Waals surface area (Å²) in [5.41, 5.74) is 1.95. The molecule has 1 aromatic heterocycles. The van der Waals surface area contributed by atoms with Crippen molar-refractivity contribution in [1.29, 1.82) is 0 Å². The standard InChI is InChI=1S/C25H28N2O5S/c1-19(2)21-8-10-22(11-9-21)32-17-15-26-25(28)14-7-20-5-12-24(13-6-20)33(29,30)27-18-23-4-3-16-31-23/h3-14,16,19,27H,15,17-18H2,1-2H3,(H,26,28). The Morgan fingerprint density at radius 1 is 1.06 bits per heavy atom. The number of hydrogen-bond acceptors (Lipinski definition) is 5. The number of carbonyl (C=O) groups is 1. The van der Waals surface area contributed by atoms with Crippen molar-refractivity contribution >= 4 is 22.0 Å². The minimum Gasteiger partial charge on any atom is -0.492 e. The van der Waals surface area contributed by atoms with Gasteiger partial charge in [0.15, 0.2) is 0 Å². The normalized spacial score (nSPS) is 11.7. The molecule has 1 amide bonds. The second kappa shape index (κ2) is 11.5. The summed E-state index contributed by atoms with van der Waals surface area (Å²) in [6, 6.07) is 17.5. The van der Waals surface area contributed by atoms with Crippen LogP contribution in [0.4, 0.5) is 0 Å².